The number of nitrogen functional groups attached to an aromatic ring is 1. The van der Waals surface area contributed by atoms with Crippen LogP contribution in [0.2, 0.25) is 0 Å². The van der Waals surface area contributed by atoms with Gasteiger partial charge in [0.25, 0.3) is 5.56 Å². The normalized spacial score (nSPS) is 11.4. The van der Waals surface area contributed by atoms with Crippen LogP contribution in [0.4, 0.5) is 5.82 Å². The lowest BCUT2D eigenvalue weighted by Crippen LogP contribution is -2.26. The predicted molar refractivity (Wildman–Crippen MR) is 147 cm³/mol. The highest BCUT2D eigenvalue weighted by Gasteiger charge is 2.21. The molecule has 0 aliphatic carbocycles. The summed E-state index contributed by atoms with van der Waals surface area (Å²) in [6.07, 6.45) is 1.39. The van der Waals surface area contributed by atoms with Gasteiger partial charge in [-0.15, -0.1) is 0 Å². The first-order chi connectivity index (χ1) is 18.3. The first kappa shape index (κ1) is 23.4. The first-order valence-electron chi connectivity index (χ1n) is 12.2. The molecule has 6 aromatic rings. The Balaban J connectivity index is 1.62. The van der Waals surface area contributed by atoms with E-state index in [0.29, 0.717) is 39.0 Å². The van der Waals surface area contributed by atoms with Crippen molar-refractivity contribution in [2.24, 2.45) is 0 Å². The lowest BCUT2D eigenvalue weighted by molar-refractivity contribution is 0.471. The van der Waals surface area contributed by atoms with Gasteiger partial charge in [0.05, 0.1) is 22.0 Å². The van der Waals surface area contributed by atoms with E-state index in [0.717, 1.165) is 22.4 Å². The average molecular weight is 504 g/mol. The highest BCUT2D eigenvalue weighted by atomic mass is 16.3. The minimum Gasteiger partial charge on any atom is -0.508 e. The van der Waals surface area contributed by atoms with Crippen LogP contribution in [-0.2, 0) is 6.54 Å². The number of benzene rings is 3. The van der Waals surface area contributed by atoms with Crippen molar-refractivity contribution >= 4 is 27.8 Å². The molecule has 0 bridgehead atoms. The maximum Gasteiger partial charge on any atom is 0.266 e. The molecule has 0 aliphatic rings. The third-order valence-electron chi connectivity index (χ3n) is 6.86. The average Bonchev–Trinajstić information content (AvgIpc) is 3.26. The molecule has 9 nitrogen and oxygen atoms in total. The van der Waals surface area contributed by atoms with Crippen molar-refractivity contribution in [3.05, 3.63) is 99.9 Å². The van der Waals surface area contributed by atoms with Gasteiger partial charge in [-0.25, -0.2) is 19.6 Å². The number of rotatable bonds is 4. The van der Waals surface area contributed by atoms with E-state index < -0.39 is 0 Å². The molecule has 9 heteroatoms. The van der Waals surface area contributed by atoms with Gasteiger partial charge in [0.15, 0.2) is 5.65 Å². The zero-order chi connectivity index (χ0) is 26.6. The molecule has 0 fully saturated rings. The van der Waals surface area contributed by atoms with Gasteiger partial charge in [-0.2, -0.15) is 5.10 Å². The highest BCUT2D eigenvalue weighted by Crippen LogP contribution is 2.33. The standard InChI is InChI=1S/C29H25N7O2/c1-16-7-4-5-10-21(16)36-23(33-20-9-6-8-18(3)24(20)29(36)38)14-35-28-25(27(30)31-15-32-28)26(34-35)19-12-11-17(2)22(37)13-19/h4-13,15,37H,14H2,1-3H3,(H2,30,31,32). The van der Waals surface area contributed by atoms with Crippen LogP contribution in [0.1, 0.15) is 22.5 Å². The Morgan fingerprint density at radius 1 is 0.895 bits per heavy atom. The minimum absolute atomic E-state index is 0.147. The monoisotopic (exact) mass is 503 g/mol. The van der Waals surface area contributed by atoms with E-state index in [1.165, 1.54) is 6.33 Å². The van der Waals surface area contributed by atoms with E-state index >= 15 is 0 Å². The van der Waals surface area contributed by atoms with Crippen LogP contribution in [0, 0.1) is 20.8 Å². The second-order valence-electron chi connectivity index (χ2n) is 9.39. The molecule has 188 valence electrons. The molecule has 0 aliphatic heterocycles. The number of para-hydroxylation sites is 1. The molecule has 0 saturated carbocycles. The van der Waals surface area contributed by atoms with Crippen molar-refractivity contribution < 1.29 is 5.11 Å². The fourth-order valence-electron chi connectivity index (χ4n) is 4.84. The topological polar surface area (TPSA) is 125 Å². The number of nitrogens with zero attached hydrogens (tertiary/aromatic N) is 6. The van der Waals surface area contributed by atoms with Crippen molar-refractivity contribution in [1.29, 1.82) is 0 Å². The molecule has 6 rings (SSSR count). The zero-order valence-electron chi connectivity index (χ0n) is 21.2. The van der Waals surface area contributed by atoms with E-state index in [-0.39, 0.29) is 23.7 Å². The molecule has 0 spiro atoms. The van der Waals surface area contributed by atoms with E-state index in [9.17, 15) is 9.90 Å². The quantitative estimate of drug-likeness (QED) is 0.364. The van der Waals surface area contributed by atoms with Crippen molar-refractivity contribution in [3.8, 4) is 22.7 Å². The fourth-order valence-corrected chi connectivity index (χ4v) is 4.84. The largest absolute Gasteiger partial charge is 0.508 e. The van der Waals surface area contributed by atoms with E-state index in [4.69, 9.17) is 15.8 Å². The lowest BCUT2D eigenvalue weighted by atomic mass is 10.1. The molecule has 0 radical (unpaired) electrons. The SMILES string of the molecule is Cc1ccc(-c2nn(Cc3nc4cccc(C)c4c(=O)n3-c3ccccc3C)c3ncnc(N)c23)cc1O. The third kappa shape index (κ3) is 3.67. The number of hydrogen-bond acceptors (Lipinski definition) is 7. The summed E-state index contributed by atoms with van der Waals surface area (Å²) in [6.45, 7) is 5.85. The number of aryl methyl sites for hydroxylation is 3. The van der Waals surface area contributed by atoms with Crippen LogP contribution in [-0.4, -0.2) is 34.4 Å². The van der Waals surface area contributed by atoms with Gasteiger partial charge in [-0.3, -0.25) is 9.36 Å². The molecule has 3 N–H and O–H groups in total. The van der Waals surface area contributed by atoms with E-state index in [1.807, 2.05) is 75.4 Å². The second-order valence-corrected chi connectivity index (χ2v) is 9.39. The van der Waals surface area contributed by atoms with Crippen LogP contribution in [0.25, 0.3) is 38.9 Å². The van der Waals surface area contributed by atoms with Gasteiger partial charge < -0.3 is 10.8 Å². The maximum absolute atomic E-state index is 13.9. The summed E-state index contributed by atoms with van der Waals surface area (Å²) in [4.78, 5) is 27.5. The molecule has 3 aromatic carbocycles. The minimum atomic E-state index is -0.147. The number of fused-ring (bicyclic) bond motifs is 2. The molecule has 0 atom stereocenters. The van der Waals surface area contributed by atoms with Gasteiger partial charge in [-0.05, 0) is 55.7 Å². The van der Waals surface area contributed by atoms with Gasteiger partial charge in [0.2, 0.25) is 0 Å². The second kappa shape index (κ2) is 8.81. The molecule has 3 aromatic heterocycles. The summed E-state index contributed by atoms with van der Waals surface area (Å²) in [7, 11) is 0. The molecule has 0 unspecified atom stereocenters. The lowest BCUT2D eigenvalue weighted by Gasteiger charge is -2.16. The van der Waals surface area contributed by atoms with Gasteiger partial charge in [0, 0.05) is 5.56 Å². The van der Waals surface area contributed by atoms with Crippen LogP contribution < -0.4 is 11.3 Å². The fraction of sp³-hybridized carbons (Fsp3) is 0.138. The van der Waals surface area contributed by atoms with Gasteiger partial charge >= 0.3 is 0 Å². The Bertz CT molecular complexity index is 1940. The number of aromatic nitrogens is 6. The molecule has 3 heterocycles. The van der Waals surface area contributed by atoms with E-state index in [2.05, 4.69) is 9.97 Å². The summed E-state index contributed by atoms with van der Waals surface area (Å²) >= 11 is 0. The molecule has 0 saturated heterocycles. The van der Waals surface area contributed by atoms with Crippen LogP contribution in [0.5, 0.6) is 5.75 Å². The Labute approximate surface area is 217 Å². The van der Waals surface area contributed by atoms with Crippen LogP contribution in [0.15, 0.2) is 71.8 Å². The summed E-state index contributed by atoms with van der Waals surface area (Å²) in [6, 6.07) is 18.7. The Morgan fingerprint density at radius 2 is 1.68 bits per heavy atom. The molecular formula is C29H25N7O2. The molecule has 0 amide bonds. The van der Waals surface area contributed by atoms with Crippen molar-refractivity contribution in [2.45, 2.75) is 27.3 Å². The van der Waals surface area contributed by atoms with E-state index in [1.54, 1.807) is 15.3 Å². The smallest absolute Gasteiger partial charge is 0.266 e. The predicted octanol–water partition coefficient (Wildman–Crippen LogP) is 4.45. The Kier molecular flexibility index (Phi) is 5.41. The maximum atomic E-state index is 13.9. The number of aromatic hydroxyl groups is 1. The number of anilines is 1. The number of phenolic OH excluding ortho intramolecular Hbond substituents is 1. The van der Waals surface area contributed by atoms with Gasteiger partial charge in [-0.1, -0.05) is 42.5 Å². The van der Waals surface area contributed by atoms with Crippen LogP contribution >= 0.6 is 0 Å². The number of phenols is 1. The van der Waals surface area contributed by atoms with Crippen LogP contribution in [0.3, 0.4) is 0 Å². The molecule has 38 heavy (non-hydrogen) atoms. The summed E-state index contributed by atoms with van der Waals surface area (Å²) < 4.78 is 3.33. The number of hydrogen-bond donors (Lipinski definition) is 2. The Hall–Kier alpha value is -5.05. The Morgan fingerprint density at radius 3 is 2.47 bits per heavy atom. The first-order valence-corrected chi connectivity index (χ1v) is 12.2. The summed E-state index contributed by atoms with van der Waals surface area (Å²) in [5.74, 6) is 0.928. The highest BCUT2D eigenvalue weighted by molar-refractivity contribution is 5.98. The third-order valence-corrected chi connectivity index (χ3v) is 6.86. The zero-order valence-corrected chi connectivity index (χ0v) is 21.2. The molecular weight excluding hydrogens is 478 g/mol. The summed E-state index contributed by atoms with van der Waals surface area (Å²) in [5.41, 5.74) is 11.8. The van der Waals surface area contributed by atoms with Gasteiger partial charge in [0.1, 0.15) is 36.0 Å². The van der Waals surface area contributed by atoms with Crippen molar-refractivity contribution in [1.82, 2.24) is 29.3 Å². The summed E-state index contributed by atoms with van der Waals surface area (Å²) in [5, 5.41) is 16.3. The van der Waals surface area contributed by atoms with Crippen molar-refractivity contribution in [2.75, 3.05) is 5.73 Å². The number of nitrogens with two attached hydrogens (primary N) is 1. The van der Waals surface area contributed by atoms with Crippen molar-refractivity contribution in [3.63, 3.8) is 0 Å².